The average molecular weight is 317 g/mol. The number of methoxy groups -OCH3 is 2. The Balaban J connectivity index is 2.94. The van der Waals surface area contributed by atoms with Gasteiger partial charge in [-0.2, -0.15) is 0 Å². The molecule has 0 amide bonds. The number of hydrogen-bond acceptors (Lipinski definition) is 3. The molecule has 0 radical (unpaired) electrons. The molecule has 4 heteroatoms. The second-order valence-electron chi connectivity index (χ2n) is 4.72. The summed E-state index contributed by atoms with van der Waals surface area (Å²) in [6.07, 6.45) is 1.25. The molecule has 0 heterocycles. The second-order valence-corrected chi connectivity index (χ2v) is 5.57. The number of rotatable bonds is 6. The Morgan fingerprint density at radius 3 is 2.17 bits per heavy atom. The van der Waals surface area contributed by atoms with Crippen molar-refractivity contribution in [3.8, 4) is 11.5 Å². The van der Waals surface area contributed by atoms with Gasteiger partial charge in [-0.05, 0) is 36.5 Å². The van der Waals surface area contributed by atoms with E-state index in [9.17, 15) is 5.11 Å². The Morgan fingerprint density at radius 2 is 1.67 bits per heavy atom. The van der Waals surface area contributed by atoms with Crippen LogP contribution < -0.4 is 9.47 Å². The number of benzene rings is 1. The largest absolute Gasteiger partial charge is 0.493 e. The van der Waals surface area contributed by atoms with Gasteiger partial charge in [0.1, 0.15) is 0 Å². The van der Waals surface area contributed by atoms with Crippen molar-refractivity contribution < 1.29 is 14.6 Å². The maximum absolute atomic E-state index is 10.2. The molecule has 0 saturated carbocycles. The first kappa shape index (κ1) is 15.3. The van der Waals surface area contributed by atoms with Gasteiger partial charge in [0.25, 0.3) is 0 Å². The van der Waals surface area contributed by atoms with E-state index in [0.29, 0.717) is 17.4 Å². The van der Waals surface area contributed by atoms with Crippen molar-refractivity contribution in [2.75, 3.05) is 14.2 Å². The third-order valence-electron chi connectivity index (χ3n) is 2.88. The third kappa shape index (κ3) is 3.89. The zero-order chi connectivity index (χ0) is 13.7. The normalized spacial score (nSPS) is 12.6. The van der Waals surface area contributed by atoms with Gasteiger partial charge in [0.15, 0.2) is 11.5 Å². The molecule has 18 heavy (non-hydrogen) atoms. The predicted octanol–water partition coefficient (Wildman–Crippen LogP) is 3.94. The van der Waals surface area contributed by atoms with E-state index in [1.165, 1.54) is 0 Å². The van der Waals surface area contributed by atoms with Gasteiger partial charge in [-0.1, -0.05) is 29.8 Å². The Kier molecular flexibility index (Phi) is 5.96. The summed E-state index contributed by atoms with van der Waals surface area (Å²) in [4.78, 5) is 0. The molecule has 1 aromatic rings. The summed E-state index contributed by atoms with van der Waals surface area (Å²) >= 11 is 3.46. The van der Waals surface area contributed by atoms with Crippen LogP contribution in [0.1, 0.15) is 38.4 Å². The van der Waals surface area contributed by atoms with Gasteiger partial charge in [0, 0.05) is 4.47 Å². The monoisotopic (exact) mass is 316 g/mol. The number of hydrogen-bond donors (Lipinski definition) is 1. The van der Waals surface area contributed by atoms with Gasteiger partial charge in [-0.15, -0.1) is 0 Å². The molecule has 1 unspecified atom stereocenters. The highest BCUT2D eigenvalue weighted by Crippen LogP contribution is 2.37. The van der Waals surface area contributed by atoms with Crippen LogP contribution in [-0.4, -0.2) is 19.3 Å². The molecule has 0 aliphatic rings. The van der Waals surface area contributed by atoms with Gasteiger partial charge < -0.3 is 14.6 Å². The molecule has 0 bridgehead atoms. The van der Waals surface area contributed by atoms with Gasteiger partial charge >= 0.3 is 0 Å². The van der Waals surface area contributed by atoms with E-state index in [1.807, 2.05) is 12.1 Å². The molecule has 1 rings (SSSR count). The smallest absolute Gasteiger partial charge is 0.161 e. The first-order chi connectivity index (χ1) is 8.49. The quantitative estimate of drug-likeness (QED) is 0.864. The van der Waals surface area contributed by atoms with Gasteiger partial charge in [0.05, 0.1) is 20.3 Å². The van der Waals surface area contributed by atoms with Crippen LogP contribution in [0.4, 0.5) is 0 Å². The van der Waals surface area contributed by atoms with Crippen molar-refractivity contribution >= 4 is 15.9 Å². The summed E-state index contributed by atoms with van der Waals surface area (Å²) in [6.45, 7) is 4.30. The first-order valence-corrected chi connectivity index (χ1v) is 6.88. The van der Waals surface area contributed by atoms with Crippen molar-refractivity contribution in [3.05, 3.63) is 22.2 Å². The zero-order valence-electron chi connectivity index (χ0n) is 11.4. The van der Waals surface area contributed by atoms with Crippen LogP contribution in [0.15, 0.2) is 16.6 Å². The molecule has 0 spiro atoms. The molecular weight excluding hydrogens is 296 g/mol. The van der Waals surface area contributed by atoms with E-state index in [4.69, 9.17) is 9.47 Å². The lowest BCUT2D eigenvalue weighted by molar-refractivity contribution is 0.158. The summed E-state index contributed by atoms with van der Waals surface area (Å²) in [5, 5.41) is 10.2. The second kappa shape index (κ2) is 7.00. The van der Waals surface area contributed by atoms with E-state index in [-0.39, 0.29) is 0 Å². The van der Waals surface area contributed by atoms with E-state index < -0.39 is 6.10 Å². The molecule has 1 aromatic carbocycles. The van der Waals surface area contributed by atoms with Crippen molar-refractivity contribution in [1.82, 2.24) is 0 Å². The highest BCUT2D eigenvalue weighted by molar-refractivity contribution is 9.10. The SMILES string of the molecule is COc1cc(Br)c(C(O)CCC(C)C)cc1OC. The molecule has 102 valence electrons. The Morgan fingerprint density at radius 1 is 1.11 bits per heavy atom. The van der Waals surface area contributed by atoms with Crippen LogP contribution >= 0.6 is 15.9 Å². The molecule has 3 nitrogen and oxygen atoms in total. The van der Waals surface area contributed by atoms with Crippen molar-refractivity contribution in [3.63, 3.8) is 0 Å². The summed E-state index contributed by atoms with van der Waals surface area (Å²) in [5.41, 5.74) is 0.841. The van der Waals surface area contributed by atoms with Gasteiger partial charge in [-0.25, -0.2) is 0 Å². The molecule has 1 atom stereocenters. The lowest BCUT2D eigenvalue weighted by Crippen LogP contribution is -2.02. The maximum atomic E-state index is 10.2. The Bertz CT molecular complexity index is 391. The Labute approximate surface area is 117 Å². The minimum Gasteiger partial charge on any atom is -0.493 e. The highest BCUT2D eigenvalue weighted by atomic mass is 79.9. The zero-order valence-corrected chi connectivity index (χ0v) is 13.0. The fraction of sp³-hybridized carbons (Fsp3) is 0.571. The van der Waals surface area contributed by atoms with Crippen molar-refractivity contribution in [1.29, 1.82) is 0 Å². The minimum absolute atomic E-state index is 0.485. The molecule has 1 N–H and O–H groups in total. The van der Waals surface area contributed by atoms with Crippen LogP contribution in [0, 0.1) is 5.92 Å². The standard InChI is InChI=1S/C14H21BrO3/c1-9(2)5-6-12(16)10-7-13(17-3)14(18-4)8-11(10)15/h7-9,12,16H,5-6H2,1-4H3. The molecule has 0 aliphatic carbocycles. The van der Waals surface area contributed by atoms with Gasteiger partial charge in [0.2, 0.25) is 0 Å². The predicted molar refractivity (Wildman–Crippen MR) is 76.3 cm³/mol. The topological polar surface area (TPSA) is 38.7 Å². The van der Waals surface area contributed by atoms with Crippen LogP contribution in [-0.2, 0) is 0 Å². The van der Waals surface area contributed by atoms with Crippen LogP contribution in [0.5, 0.6) is 11.5 Å². The van der Waals surface area contributed by atoms with Crippen molar-refractivity contribution in [2.24, 2.45) is 5.92 Å². The van der Waals surface area contributed by atoms with E-state index >= 15 is 0 Å². The summed E-state index contributed by atoms with van der Waals surface area (Å²) in [5.74, 6) is 1.88. The fourth-order valence-electron chi connectivity index (χ4n) is 1.77. The summed E-state index contributed by atoms with van der Waals surface area (Å²) < 4.78 is 11.3. The molecule has 0 fully saturated rings. The number of halogens is 1. The molecule has 0 aromatic heterocycles. The maximum Gasteiger partial charge on any atom is 0.161 e. The summed E-state index contributed by atoms with van der Waals surface area (Å²) in [6, 6.07) is 3.65. The number of ether oxygens (including phenoxy) is 2. The van der Waals surface area contributed by atoms with Crippen LogP contribution in [0.25, 0.3) is 0 Å². The van der Waals surface area contributed by atoms with Crippen LogP contribution in [0.2, 0.25) is 0 Å². The van der Waals surface area contributed by atoms with Crippen LogP contribution in [0.3, 0.4) is 0 Å². The summed E-state index contributed by atoms with van der Waals surface area (Å²) in [7, 11) is 3.19. The third-order valence-corrected chi connectivity index (χ3v) is 3.57. The average Bonchev–Trinajstić information content (AvgIpc) is 2.35. The molecular formula is C14H21BrO3. The highest BCUT2D eigenvalue weighted by Gasteiger charge is 2.16. The molecule has 0 aliphatic heterocycles. The number of aliphatic hydroxyl groups excluding tert-OH is 1. The molecule has 0 saturated heterocycles. The van der Waals surface area contributed by atoms with Crippen molar-refractivity contribution in [2.45, 2.75) is 32.8 Å². The first-order valence-electron chi connectivity index (χ1n) is 6.09. The fourth-order valence-corrected chi connectivity index (χ4v) is 2.36. The lowest BCUT2D eigenvalue weighted by atomic mass is 9.99. The van der Waals surface area contributed by atoms with E-state index in [1.54, 1.807) is 14.2 Å². The van der Waals surface area contributed by atoms with Gasteiger partial charge in [-0.3, -0.25) is 0 Å². The Hall–Kier alpha value is -0.740. The van der Waals surface area contributed by atoms with E-state index in [2.05, 4.69) is 29.8 Å². The minimum atomic E-state index is -0.485. The number of aliphatic hydroxyl groups is 1. The lowest BCUT2D eigenvalue weighted by Gasteiger charge is -2.17. The van der Waals surface area contributed by atoms with E-state index in [0.717, 1.165) is 22.9 Å².